The summed E-state index contributed by atoms with van der Waals surface area (Å²) < 4.78 is 3.28. The number of anilines is 2. The smallest absolute Gasteiger partial charge is 0.256 e. The number of ether oxygens (including phenoxy) is 1. The van der Waals surface area contributed by atoms with Crippen molar-refractivity contribution in [1.82, 2.24) is 10.6 Å². The fourth-order valence-electron chi connectivity index (χ4n) is 2.38. The van der Waals surface area contributed by atoms with Crippen LogP contribution in [0.3, 0.4) is 0 Å². The minimum Gasteiger partial charge on any atom is -0.496 e. The number of hydrogen-bond acceptors (Lipinski definition) is 4. The summed E-state index contributed by atoms with van der Waals surface area (Å²) >= 11 is 23.3. The summed E-state index contributed by atoms with van der Waals surface area (Å²) in [6.07, 6.45) is -1.14. The molecule has 160 valence electrons. The quantitative estimate of drug-likeness (QED) is 0.278. The van der Waals surface area contributed by atoms with Crippen molar-refractivity contribution in [3.8, 4) is 5.75 Å². The van der Waals surface area contributed by atoms with Crippen LogP contribution in [-0.4, -0.2) is 34.0 Å². The Hall–Kier alpha value is -2.26. The van der Waals surface area contributed by atoms with Gasteiger partial charge in [-0.05, 0) is 48.6 Å². The van der Waals surface area contributed by atoms with Gasteiger partial charge in [0, 0.05) is 18.3 Å². The van der Waals surface area contributed by atoms with Gasteiger partial charge in [-0.15, -0.1) is 0 Å². The van der Waals surface area contributed by atoms with Crippen LogP contribution in [0.5, 0.6) is 5.75 Å². The Labute approximate surface area is 194 Å². The molecule has 0 aliphatic rings. The number of alkyl halides is 3. The van der Waals surface area contributed by atoms with Gasteiger partial charge in [0.1, 0.15) is 11.9 Å². The molecule has 11 heteroatoms. The predicted octanol–water partition coefficient (Wildman–Crippen LogP) is 4.07. The standard InChI is InChI=1S/C19H19Cl3N4O3S/c1-11(27)23-12-7-9-13(10-8-12)24-18(30)26-17(19(20,21)22)25-16(28)14-5-3-4-6-15(14)29-2/h3-10,17H,1-2H3,(H,23,27)(H,25,28)(H2,24,26,30)/t17-/m0/s1. The molecule has 0 aliphatic heterocycles. The zero-order valence-corrected chi connectivity index (χ0v) is 19.0. The highest BCUT2D eigenvalue weighted by molar-refractivity contribution is 7.80. The molecule has 2 aromatic rings. The molecule has 4 N–H and O–H groups in total. The number of thiocarbonyl (C=S) groups is 1. The van der Waals surface area contributed by atoms with E-state index in [9.17, 15) is 9.59 Å². The highest BCUT2D eigenvalue weighted by Crippen LogP contribution is 2.30. The molecule has 0 heterocycles. The zero-order chi connectivity index (χ0) is 22.3. The molecule has 2 amide bonds. The molecule has 0 aromatic heterocycles. The zero-order valence-electron chi connectivity index (χ0n) is 16.0. The first kappa shape index (κ1) is 24.0. The normalized spacial score (nSPS) is 11.8. The fraction of sp³-hybridized carbons (Fsp3) is 0.211. The molecule has 2 rings (SSSR count). The number of benzene rings is 2. The minimum atomic E-state index is -1.90. The number of rotatable bonds is 6. The second kappa shape index (κ2) is 10.7. The average molecular weight is 490 g/mol. The first-order chi connectivity index (χ1) is 14.1. The van der Waals surface area contributed by atoms with Gasteiger partial charge >= 0.3 is 0 Å². The highest BCUT2D eigenvalue weighted by Gasteiger charge is 2.35. The maximum Gasteiger partial charge on any atom is 0.256 e. The Morgan fingerprint density at radius 2 is 1.53 bits per heavy atom. The van der Waals surface area contributed by atoms with Crippen LogP contribution in [0.25, 0.3) is 0 Å². The molecule has 0 saturated heterocycles. The van der Waals surface area contributed by atoms with Crippen molar-refractivity contribution in [2.75, 3.05) is 17.7 Å². The van der Waals surface area contributed by atoms with Crippen molar-refractivity contribution in [2.45, 2.75) is 16.9 Å². The summed E-state index contributed by atoms with van der Waals surface area (Å²) in [5.41, 5.74) is 1.53. The number of halogens is 3. The van der Waals surface area contributed by atoms with E-state index in [1.807, 2.05) is 0 Å². The number of methoxy groups -OCH3 is 1. The van der Waals surface area contributed by atoms with Gasteiger partial charge in [-0.3, -0.25) is 9.59 Å². The Balaban J connectivity index is 2.06. The van der Waals surface area contributed by atoms with Crippen LogP contribution < -0.4 is 26.0 Å². The van der Waals surface area contributed by atoms with Gasteiger partial charge in [-0.25, -0.2) is 0 Å². The average Bonchev–Trinajstić information content (AvgIpc) is 2.67. The molecule has 0 radical (unpaired) electrons. The highest BCUT2D eigenvalue weighted by atomic mass is 35.6. The summed E-state index contributed by atoms with van der Waals surface area (Å²) in [6.45, 7) is 1.42. The second-order valence-electron chi connectivity index (χ2n) is 6.01. The van der Waals surface area contributed by atoms with E-state index in [1.54, 1.807) is 48.5 Å². The minimum absolute atomic E-state index is 0.110. The fourth-order valence-corrected chi connectivity index (χ4v) is 2.94. The summed E-state index contributed by atoms with van der Waals surface area (Å²) in [5, 5.41) is 11.1. The lowest BCUT2D eigenvalue weighted by Gasteiger charge is -2.28. The van der Waals surface area contributed by atoms with Crippen molar-refractivity contribution in [1.29, 1.82) is 0 Å². The van der Waals surface area contributed by atoms with Gasteiger partial charge in [0.15, 0.2) is 5.11 Å². The maximum atomic E-state index is 12.6. The molecule has 7 nitrogen and oxygen atoms in total. The van der Waals surface area contributed by atoms with Crippen molar-refractivity contribution in [3.63, 3.8) is 0 Å². The van der Waals surface area contributed by atoms with Crippen LogP contribution >= 0.6 is 47.0 Å². The number of para-hydroxylation sites is 1. The number of amides is 2. The number of carbonyl (C=O) groups is 2. The summed E-state index contributed by atoms with van der Waals surface area (Å²) in [7, 11) is 1.45. The Kier molecular flexibility index (Phi) is 8.54. The molecule has 0 fully saturated rings. The van der Waals surface area contributed by atoms with E-state index in [1.165, 1.54) is 14.0 Å². The van der Waals surface area contributed by atoms with Crippen molar-refractivity contribution in [2.24, 2.45) is 0 Å². The number of carbonyl (C=O) groups excluding carboxylic acids is 2. The topological polar surface area (TPSA) is 91.5 Å². The van der Waals surface area contributed by atoms with Crippen molar-refractivity contribution >= 4 is 75.3 Å². The molecule has 0 spiro atoms. The predicted molar refractivity (Wildman–Crippen MR) is 125 cm³/mol. The lowest BCUT2D eigenvalue weighted by Crippen LogP contribution is -2.56. The Bertz CT molecular complexity index is 920. The van der Waals surface area contributed by atoms with Gasteiger partial charge in [0.05, 0.1) is 12.7 Å². The van der Waals surface area contributed by atoms with Crippen LogP contribution in [0.4, 0.5) is 11.4 Å². The van der Waals surface area contributed by atoms with E-state index in [4.69, 9.17) is 51.8 Å². The van der Waals surface area contributed by atoms with Crippen LogP contribution in [0.2, 0.25) is 0 Å². The van der Waals surface area contributed by atoms with Crippen LogP contribution in [0, 0.1) is 0 Å². The maximum absolute atomic E-state index is 12.6. The monoisotopic (exact) mass is 488 g/mol. The first-order valence-electron chi connectivity index (χ1n) is 8.56. The third-order valence-corrected chi connectivity index (χ3v) is 4.57. The van der Waals surface area contributed by atoms with Crippen molar-refractivity contribution in [3.05, 3.63) is 54.1 Å². The van der Waals surface area contributed by atoms with E-state index in [0.29, 0.717) is 17.1 Å². The third kappa shape index (κ3) is 7.21. The molecular weight excluding hydrogens is 471 g/mol. The van der Waals surface area contributed by atoms with Gasteiger partial charge < -0.3 is 26.0 Å². The second-order valence-corrected chi connectivity index (χ2v) is 8.78. The van der Waals surface area contributed by atoms with Crippen LogP contribution in [-0.2, 0) is 4.79 Å². The van der Waals surface area contributed by atoms with E-state index in [0.717, 1.165) is 0 Å². The summed E-state index contributed by atoms with van der Waals surface area (Å²) in [5.74, 6) is -0.319. The van der Waals surface area contributed by atoms with Crippen molar-refractivity contribution < 1.29 is 14.3 Å². The van der Waals surface area contributed by atoms with Gasteiger partial charge in [-0.2, -0.15) is 0 Å². The van der Waals surface area contributed by atoms with Gasteiger partial charge in [-0.1, -0.05) is 46.9 Å². The molecule has 1 atom stereocenters. The molecule has 0 unspecified atom stereocenters. The van der Waals surface area contributed by atoms with Gasteiger partial charge in [0.2, 0.25) is 9.70 Å². The Morgan fingerprint density at radius 3 is 2.07 bits per heavy atom. The Morgan fingerprint density at radius 1 is 0.967 bits per heavy atom. The molecular formula is C19H19Cl3N4O3S. The number of nitrogens with one attached hydrogen (secondary N) is 4. The van der Waals surface area contributed by atoms with Crippen LogP contribution in [0.15, 0.2) is 48.5 Å². The summed E-state index contributed by atoms with van der Waals surface area (Å²) in [6, 6.07) is 13.4. The third-order valence-electron chi connectivity index (χ3n) is 3.69. The SMILES string of the molecule is COc1ccccc1C(=O)N[C@@H](NC(=S)Nc1ccc(NC(C)=O)cc1)C(Cl)(Cl)Cl. The molecule has 0 aliphatic carbocycles. The number of hydrogen-bond donors (Lipinski definition) is 4. The molecule has 0 bridgehead atoms. The van der Waals surface area contributed by atoms with E-state index in [2.05, 4.69) is 21.3 Å². The lowest BCUT2D eigenvalue weighted by atomic mass is 10.2. The van der Waals surface area contributed by atoms with E-state index >= 15 is 0 Å². The molecule has 0 saturated carbocycles. The first-order valence-corrected chi connectivity index (χ1v) is 10.1. The van der Waals surface area contributed by atoms with E-state index < -0.39 is 15.9 Å². The summed E-state index contributed by atoms with van der Waals surface area (Å²) in [4.78, 5) is 23.7. The molecule has 30 heavy (non-hydrogen) atoms. The van der Waals surface area contributed by atoms with E-state index in [-0.39, 0.29) is 16.6 Å². The van der Waals surface area contributed by atoms with Gasteiger partial charge in [0.25, 0.3) is 5.91 Å². The van der Waals surface area contributed by atoms with Crippen LogP contribution in [0.1, 0.15) is 17.3 Å². The lowest BCUT2D eigenvalue weighted by molar-refractivity contribution is -0.114. The molecule has 2 aromatic carbocycles. The largest absolute Gasteiger partial charge is 0.496 e.